The third-order valence-corrected chi connectivity index (χ3v) is 4.60. The van der Waals surface area contributed by atoms with E-state index in [0.717, 1.165) is 0 Å². The number of ketones is 1. The zero-order valence-corrected chi connectivity index (χ0v) is 16.0. The number of fused-ring (bicyclic) bond motifs is 1. The number of rotatable bonds is 5. The molecule has 5 nitrogen and oxygen atoms in total. The van der Waals surface area contributed by atoms with Crippen LogP contribution in [-0.4, -0.2) is 29.2 Å². The number of benzene rings is 2. The van der Waals surface area contributed by atoms with Gasteiger partial charge in [-0.05, 0) is 35.9 Å². The minimum atomic E-state index is -4.82. The summed E-state index contributed by atoms with van der Waals surface area (Å²) in [6.07, 6.45) is -1.96. The van der Waals surface area contributed by atoms with Gasteiger partial charge in [0.25, 0.3) is 0 Å². The lowest BCUT2D eigenvalue weighted by Crippen LogP contribution is -2.17. The number of pyridine rings is 1. The second kappa shape index (κ2) is 7.75. The molecule has 4 aromatic rings. The van der Waals surface area contributed by atoms with E-state index < -0.39 is 18.0 Å². The Kier molecular flexibility index (Phi) is 5.10. The second-order valence-electron chi connectivity index (χ2n) is 6.55. The number of nitrogens with one attached hydrogen (secondary N) is 1. The van der Waals surface area contributed by atoms with Gasteiger partial charge in [-0.3, -0.25) is 4.79 Å². The summed E-state index contributed by atoms with van der Waals surface area (Å²) in [5, 5.41) is 0.395. The number of ether oxygens (including phenoxy) is 2. The summed E-state index contributed by atoms with van der Waals surface area (Å²) >= 11 is 0. The minimum absolute atomic E-state index is 0.0639. The molecule has 0 aliphatic rings. The topological polar surface area (TPSA) is 64.2 Å². The van der Waals surface area contributed by atoms with Crippen LogP contribution >= 0.6 is 0 Å². The Bertz CT molecular complexity index is 1280. The number of carbonyl (C=O) groups excluding carboxylic acids is 1. The molecule has 0 fully saturated rings. The van der Waals surface area contributed by atoms with Crippen LogP contribution < -0.4 is 9.47 Å². The maximum atomic E-state index is 14.6. The van der Waals surface area contributed by atoms with Crippen molar-refractivity contribution in [3.8, 4) is 22.6 Å². The van der Waals surface area contributed by atoms with Crippen LogP contribution in [0.1, 0.15) is 15.9 Å². The van der Waals surface area contributed by atoms with Gasteiger partial charge in [0, 0.05) is 28.9 Å². The summed E-state index contributed by atoms with van der Waals surface area (Å²) in [6.45, 7) is 0. The first kappa shape index (κ1) is 20.4. The van der Waals surface area contributed by atoms with Crippen LogP contribution in [0, 0.1) is 5.82 Å². The second-order valence-corrected chi connectivity index (χ2v) is 6.55. The number of hydrogen-bond acceptors (Lipinski definition) is 4. The van der Waals surface area contributed by atoms with E-state index in [4.69, 9.17) is 4.74 Å². The highest BCUT2D eigenvalue weighted by Crippen LogP contribution is 2.31. The molecule has 2 aromatic heterocycles. The van der Waals surface area contributed by atoms with Gasteiger partial charge in [0.15, 0.2) is 17.3 Å². The Morgan fingerprint density at radius 2 is 1.81 bits per heavy atom. The molecule has 0 radical (unpaired) electrons. The highest BCUT2D eigenvalue weighted by atomic mass is 19.4. The molecule has 0 unspecified atom stereocenters. The highest BCUT2D eigenvalue weighted by Gasteiger charge is 2.31. The van der Waals surface area contributed by atoms with E-state index in [0.29, 0.717) is 22.2 Å². The van der Waals surface area contributed by atoms with E-state index in [1.807, 2.05) is 0 Å². The Morgan fingerprint density at radius 1 is 1.03 bits per heavy atom. The molecule has 0 saturated carbocycles. The highest BCUT2D eigenvalue weighted by molar-refractivity contribution is 6.16. The molecule has 1 N–H and O–H groups in total. The number of carbonyl (C=O) groups is 1. The number of aromatic amines is 1. The Balaban J connectivity index is 1.76. The third kappa shape index (κ3) is 4.07. The largest absolute Gasteiger partial charge is 0.573 e. The number of alkyl halides is 3. The molecule has 0 aliphatic heterocycles. The fourth-order valence-electron chi connectivity index (χ4n) is 3.21. The van der Waals surface area contributed by atoms with Crippen molar-refractivity contribution in [1.82, 2.24) is 9.97 Å². The number of hydrogen-bond donors (Lipinski definition) is 1. The molecule has 0 aliphatic carbocycles. The zero-order chi connectivity index (χ0) is 22.2. The lowest BCUT2D eigenvalue weighted by Gasteiger charge is -2.10. The predicted octanol–water partition coefficient (Wildman–Crippen LogP) is 5.51. The normalized spacial score (nSPS) is 11.5. The molecule has 0 amide bonds. The zero-order valence-electron chi connectivity index (χ0n) is 16.0. The Labute approximate surface area is 173 Å². The number of aromatic nitrogens is 2. The third-order valence-electron chi connectivity index (χ3n) is 4.60. The van der Waals surface area contributed by atoms with Crippen LogP contribution in [0.25, 0.3) is 22.2 Å². The van der Waals surface area contributed by atoms with Gasteiger partial charge >= 0.3 is 6.36 Å². The molecule has 9 heteroatoms. The Hall–Kier alpha value is -3.88. The molecule has 0 spiro atoms. The lowest BCUT2D eigenvalue weighted by atomic mass is 10.0. The molecule has 4 rings (SSSR count). The molecule has 0 atom stereocenters. The fraction of sp³-hybridized carbons (Fsp3) is 0.0909. The summed E-state index contributed by atoms with van der Waals surface area (Å²) in [5.74, 6) is -1.82. The van der Waals surface area contributed by atoms with Gasteiger partial charge in [-0.2, -0.15) is 0 Å². The van der Waals surface area contributed by atoms with E-state index in [2.05, 4.69) is 14.7 Å². The average Bonchev–Trinajstić information content (AvgIpc) is 3.15. The van der Waals surface area contributed by atoms with E-state index in [1.54, 1.807) is 12.1 Å². The average molecular weight is 430 g/mol. The van der Waals surface area contributed by atoms with Crippen molar-refractivity contribution in [3.05, 3.63) is 77.9 Å². The van der Waals surface area contributed by atoms with Crippen molar-refractivity contribution in [2.24, 2.45) is 0 Å². The van der Waals surface area contributed by atoms with Crippen molar-refractivity contribution in [2.75, 3.05) is 7.11 Å². The first-order chi connectivity index (χ1) is 14.8. The maximum Gasteiger partial charge on any atom is 0.573 e. The molecular formula is C22H14F4N2O3. The summed E-state index contributed by atoms with van der Waals surface area (Å²) in [5.41, 5.74) is 1.23. The van der Waals surface area contributed by atoms with Crippen LogP contribution in [0.5, 0.6) is 11.5 Å². The quantitative estimate of drug-likeness (QED) is 0.335. The standard InChI is InChI=1S/C22H14F4N2O3/c1-30-18-7-3-6-15(19(18)23)20(29)17-11-28-21-16(17)9-13(10-27-21)12-4-2-5-14(8-12)31-22(24,25)26/h2-11H,1H3,(H,27,28). The Morgan fingerprint density at radius 3 is 2.55 bits per heavy atom. The fourth-order valence-corrected chi connectivity index (χ4v) is 3.21. The van der Waals surface area contributed by atoms with Crippen molar-refractivity contribution in [3.63, 3.8) is 0 Å². The van der Waals surface area contributed by atoms with Gasteiger partial charge in [-0.1, -0.05) is 18.2 Å². The number of nitrogens with zero attached hydrogens (tertiary/aromatic N) is 1. The van der Waals surface area contributed by atoms with Crippen molar-refractivity contribution < 1.29 is 31.8 Å². The maximum absolute atomic E-state index is 14.6. The molecule has 2 aromatic carbocycles. The van der Waals surface area contributed by atoms with Crippen LogP contribution in [-0.2, 0) is 0 Å². The first-order valence-corrected chi connectivity index (χ1v) is 8.97. The first-order valence-electron chi connectivity index (χ1n) is 8.97. The molecule has 31 heavy (non-hydrogen) atoms. The van der Waals surface area contributed by atoms with Crippen molar-refractivity contribution in [1.29, 1.82) is 0 Å². The summed E-state index contributed by atoms with van der Waals surface area (Å²) in [4.78, 5) is 20.1. The summed E-state index contributed by atoms with van der Waals surface area (Å²) in [6, 6.07) is 11.2. The van der Waals surface area contributed by atoms with Gasteiger partial charge < -0.3 is 14.5 Å². The van der Waals surface area contributed by atoms with Crippen LogP contribution in [0.2, 0.25) is 0 Å². The van der Waals surface area contributed by atoms with E-state index in [1.165, 1.54) is 55.9 Å². The van der Waals surface area contributed by atoms with E-state index in [9.17, 15) is 22.4 Å². The van der Waals surface area contributed by atoms with Crippen LogP contribution in [0.3, 0.4) is 0 Å². The summed E-state index contributed by atoms with van der Waals surface area (Å²) < 4.78 is 61.0. The molecule has 0 bridgehead atoms. The number of methoxy groups -OCH3 is 1. The van der Waals surface area contributed by atoms with Gasteiger partial charge in [-0.15, -0.1) is 13.2 Å². The van der Waals surface area contributed by atoms with Gasteiger partial charge in [0.1, 0.15) is 11.4 Å². The van der Waals surface area contributed by atoms with Gasteiger partial charge in [0.2, 0.25) is 0 Å². The minimum Gasteiger partial charge on any atom is -0.494 e. The smallest absolute Gasteiger partial charge is 0.494 e. The van der Waals surface area contributed by atoms with E-state index >= 15 is 0 Å². The van der Waals surface area contributed by atoms with E-state index in [-0.39, 0.29) is 22.6 Å². The summed E-state index contributed by atoms with van der Waals surface area (Å²) in [7, 11) is 1.30. The molecule has 0 saturated heterocycles. The molecule has 2 heterocycles. The van der Waals surface area contributed by atoms with Gasteiger partial charge in [0.05, 0.1) is 12.7 Å². The number of halogens is 4. The van der Waals surface area contributed by atoms with Crippen molar-refractivity contribution in [2.45, 2.75) is 6.36 Å². The van der Waals surface area contributed by atoms with Gasteiger partial charge in [-0.25, -0.2) is 9.37 Å². The monoisotopic (exact) mass is 430 g/mol. The predicted molar refractivity (Wildman–Crippen MR) is 105 cm³/mol. The molecular weight excluding hydrogens is 416 g/mol. The van der Waals surface area contributed by atoms with Crippen LogP contribution in [0.4, 0.5) is 17.6 Å². The van der Waals surface area contributed by atoms with Crippen molar-refractivity contribution >= 4 is 16.8 Å². The number of H-pyrrole nitrogens is 1. The van der Waals surface area contributed by atoms with Crippen LogP contribution in [0.15, 0.2) is 60.9 Å². The molecule has 158 valence electrons. The lowest BCUT2D eigenvalue weighted by molar-refractivity contribution is -0.274. The SMILES string of the molecule is COc1cccc(C(=O)c2c[nH]c3ncc(-c4cccc(OC(F)(F)F)c4)cc23)c1F.